The molecular formula is C17H23NO4S. The first-order valence-electron chi connectivity index (χ1n) is 8.40. The summed E-state index contributed by atoms with van der Waals surface area (Å²) in [5.74, 6) is 2.64. The molecule has 0 unspecified atom stereocenters. The lowest BCUT2D eigenvalue weighted by atomic mass is 9.87. The molecule has 0 aromatic heterocycles. The molecule has 4 rings (SSSR count). The van der Waals surface area contributed by atoms with Crippen molar-refractivity contribution in [1.29, 1.82) is 0 Å². The summed E-state index contributed by atoms with van der Waals surface area (Å²) in [5.41, 5.74) is 3.91. The van der Waals surface area contributed by atoms with Crippen LogP contribution in [-0.4, -0.2) is 45.3 Å². The average Bonchev–Trinajstić information content (AvgIpc) is 3.15. The van der Waals surface area contributed by atoms with E-state index in [1.54, 1.807) is 4.31 Å². The maximum Gasteiger partial charge on any atom is 0.211 e. The van der Waals surface area contributed by atoms with Gasteiger partial charge in [0.2, 0.25) is 10.0 Å². The number of rotatable bonds is 3. The zero-order chi connectivity index (χ0) is 16.0. The van der Waals surface area contributed by atoms with Crippen LogP contribution in [0.5, 0.6) is 11.5 Å². The quantitative estimate of drug-likeness (QED) is 0.843. The van der Waals surface area contributed by atoms with Gasteiger partial charge in [-0.05, 0) is 31.2 Å². The van der Waals surface area contributed by atoms with Crippen LogP contribution in [0.1, 0.15) is 29.5 Å². The minimum atomic E-state index is -3.05. The molecule has 0 spiro atoms. The molecule has 1 aromatic carbocycles. The van der Waals surface area contributed by atoms with Crippen LogP contribution in [0, 0.1) is 5.92 Å². The van der Waals surface area contributed by atoms with Gasteiger partial charge in [0.25, 0.3) is 0 Å². The highest BCUT2D eigenvalue weighted by atomic mass is 32.2. The highest BCUT2D eigenvalue weighted by molar-refractivity contribution is 7.88. The summed E-state index contributed by atoms with van der Waals surface area (Å²) in [4.78, 5) is 0. The Labute approximate surface area is 137 Å². The Kier molecular flexibility index (Phi) is 3.76. The van der Waals surface area contributed by atoms with Crippen molar-refractivity contribution in [3.63, 3.8) is 0 Å². The van der Waals surface area contributed by atoms with Crippen molar-refractivity contribution in [3.8, 4) is 11.5 Å². The highest BCUT2D eigenvalue weighted by Gasteiger charge is 2.30. The molecule has 23 heavy (non-hydrogen) atoms. The maximum atomic E-state index is 11.6. The predicted molar refractivity (Wildman–Crippen MR) is 87.7 cm³/mol. The third kappa shape index (κ3) is 2.83. The van der Waals surface area contributed by atoms with E-state index in [-0.39, 0.29) is 0 Å². The lowest BCUT2D eigenvalue weighted by molar-refractivity contribution is 0.271. The zero-order valence-corrected chi connectivity index (χ0v) is 14.3. The summed E-state index contributed by atoms with van der Waals surface area (Å²) < 4.78 is 36.6. The second kappa shape index (κ2) is 5.67. The second-order valence-corrected chi connectivity index (χ2v) is 8.81. The fourth-order valence-corrected chi connectivity index (χ4v) is 4.91. The van der Waals surface area contributed by atoms with Gasteiger partial charge in [0.15, 0.2) is 0 Å². The Morgan fingerprint density at radius 2 is 1.91 bits per heavy atom. The summed E-state index contributed by atoms with van der Waals surface area (Å²) in [6.07, 6.45) is 6.05. The van der Waals surface area contributed by atoms with E-state index >= 15 is 0 Å². The summed E-state index contributed by atoms with van der Waals surface area (Å²) in [6.45, 7) is 2.80. The van der Waals surface area contributed by atoms with Crippen molar-refractivity contribution < 1.29 is 17.9 Å². The van der Waals surface area contributed by atoms with Crippen molar-refractivity contribution in [1.82, 2.24) is 4.31 Å². The number of sulfonamides is 1. The van der Waals surface area contributed by atoms with Gasteiger partial charge >= 0.3 is 0 Å². The topological polar surface area (TPSA) is 55.8 Å². The molecule has 3 aliphatic rings. The van der Waals surface area contributed by atoms with Gasteiger partial charge < -0.3 is 9.47 Å². The number of hydrogen-bond donors (Lipinski definition) is 0. The van der Waals surface area contributed by atoms with Gasteiger partial charge in [0.1, 0.15) is 11.5 Å². The van der Waals surface area contributed by atoms with Crippen molar-refractivity contribution in [2.45, 2.75) is 32.1 Å². The molecule has 1 saturated heterocycles. The third-order valence-electron chi connectivity index (χ3n) is 5.30. The maximum absolute atomic E-state index is 11.6. The molecule has 0 atom stereocenters. The second-order valence-electron chi connectivity index (χ2n) is 6.83. The Hall–Kier alpha value is -1.27. The van der Waals surface area contributed by atoms with Crippen LogP contribution in [0.2, 0.25) is 0 Å². The van der Waals surface area contributed by atoms with Crippen LogP contribution in [0.3, 0.4) is 0 Å². The molecule has 6 heteroatoms. The molecule has 0 aliphatic carbocycles. The predicted octanol–water partition coefficient (Wildman–Crippen LogP) is 1.77. The van der Waals surface area contributed by atoms with Gasteiger partial charge in [-0.1, -0.05) is 0 Å². The Balaban J connectivity index is 1.54. The summed E-state index contributed by atoms with van der Waals surface area (Å²) >= 11 is 0. The Bertz CT molecular complexity index is 688. The van der Waals surface area contributed by atoms with Crippen LogP contribution >= 0.6 is 0 Å². The molecule has 0 amide bonds. The number of benzene rings is 1. The van der Waals surface area contributed by atoms with Gasteiger partial charge in [-0.15, -0.1) is 0 Å². The van der Waals surface area contributed by atoms with Gasteiger partial charge in [-0.2, -0.15) is 0 Å². The van der Waals surface area contributed by atoms with Crippen LogP contribution < -0.4 is 9.47 Å². The van der Waals surface area contributed by atoms with Crippen molar-refractivity contribution in [2.24, 2.45) is 5.92 Å². The zero-order valence-electron chi connectivity index (χ0n) is 13.5. The van der Waals surface area contributed by atoms with E-state index in [4.69, 9.17) is 9.47 Å². The summed E-state index contributed by atoms with van der Waals surface area (Å²) in [7, 11) is -3.05. The van der Waals surface area contributed by atoms with E-state index in [2.05, 4.69) is 6.07 Å². The van der Waals surface area contributed by atoms with Gasteiger partial charge in [0.05, 0.1) is 19.5 Å². The lowest BCUT2D eigenvalue weighted by Crippen LogP contribution is -2.38. The van der Waals surface area contributed by atoms with E-state index < -0.39 is 10.0 Å². The first kappa shape index (κ1) is 15.3. The van der Waals surface area contributed by atoms with E-state index in [1.807, 2.05) is 0 Å². The van der Waals surface area contributed by atoms with E-state index in [0.29, 0.717) is 19.0 Å². The Morgan fingerprint density at radius 3 is 2.65 bits per heavy atom. The minimum absolute atomic E-state index is 0.522. The van der Waals surface area contributed by atoms with Crippen LogP contribution in [0.4, 0.5) is 0 Å². The minimum Gasteiger partial charge on any atom is -0.493 e. The number of nitrogens with zero attached hydrogens (tertiary/aromatic N) is 1. The highest BCUT2D eigenvalue weighted by Crippen LogP contribution is 2.42. The molecule has 0 saturated carbocycles. The average molecular weight is 337 g/mol. The molecule has 3 heterocycles. The monoisotopic (exact) mass is 337 g/mol. The first-order chi connectivity index (χ1) is 11.0. The molecule has 3 aliphatic heterocycles. The number of piperidine rings is 1. The molecule has 0 bridgehead atoms. The van der Waals surface area contributed by atoms with Crippen LogP contribution in [0.25, 0.3) is 0 Å². The lowest BCUT2D eigenvalue weighted by Gasteiger charge is -2.30. The largest absolute Gasteiger partial charge is 0.493 e. The van der Waals surface area contributed by atoms with Crippen molar-refractivity contribution in [2.75, 3.05) is 32.6 Å². The summed E-state index contributed by atoms with van der Waals surface area (Å²) in [5, 5.41) is 0. The SMILES string of the molecule is CS(=O)(=O)N1CCC(Cc2c3c(cc4c2OCC4)OCC3)CC1. The normalized spacial score (nSPS) is 21.6. The van der Waals surface area contributed by atoms with E-state index in [9.17, 15) is 8.42 Å². The first-order valence-corrected chi connectivity index (χ1v) is 10.3. The van der Waals surface area contributed by atoms with E-state index in [1.165, 1.54) is 22.9 Å². The molecule has 1 aromatic rings. The van der Waals surface area contributed by atoms with E-state index in [0.717, 1.165) is 56.8 Å². The van der Waals surface area contributed by atoms with Crippen LogP contribution in [0.15, 0.2) is 6.07 Å². The van der Waals surface area contributed by atoms with Crippen molar-refractivity contribution >= 4 is 10.0 Å². The molecule has 0 radical (unpaired) electrons. The van der Waals surface area contributed by atoms with Crippen LogP contribution in [-0.2, 0) is 29.3 Å². The molecule has 1 fully saturated rings. The van der Waals surface area contributed by atoms with Gasteiger partial charge in [-0.25, -0.2) is 12.7 Å². The van der Waals surface area contributed by atoms with Crippen molar-refractivity contribution in [3.05, 3.63) is 22.8 Å². The third-order valence-corrected chi connectivity index (χ3v) is 6.60. The number of fused-ring (bicyclic) bond motifs is 2. The van der Waals surface area contributed by atoms with Gasteiger partial charge in [-0.3, -0.25) is 0 Å². The molecule has 5 nitrogen and oxygen atoms in total. The smallest absolute Gasteiger partial charge is 0.211 e. The number of ether oxygens (including phenoxy) is 2. The molecule has 0 N–H and O–H groups in total. The fraction of sp³-hybridized carbons (Fsp3) is 0.647. The fourth-order valence-electron chi connectivity index (χ4n) is 4.03. The molecular weight excluding hydrogens is 314 g/mol. The summed E-state index contributed by atoms with van der Waals surface area (Å²) in [6, 6.07) is 2.15. The van der Waals surface area contributed by atoms with Gasteiger partial charge in [0, 0.05) is 42.6 Å². The number of hydrogen-bond acceptors (Lipinski definition) is 4. The standard InChI is InChI=1S/C17H23NO4S/c1-23(19,20)18-6-2-12(3-7-18)10-15-14-5-9-21-16(14)11-13-4-8-22-17(13)15/h11-12H,2-10H2,1H3. The molecule has 126 valence electrons. The Morgan fingerprint density at radius 1 is 1.17 bits per heavy atom.